The Morgan fingerprint density at radius 3 is 2.12 bits per heavy atom. The predicted molar refractivity (Wildman–Crippen MR) is 71.0 cm³/mol. The van der Waals surface area contributed by atoms with Crippen molar-refractivity contribution < 1.29 is 0 Å². The molecular weight excluding hydrogens is 210 g/mol. The highest BCUT2D eigenvalue weighted by Gasteiger charge is 2.33. The summed E-state index contributed by atoms with van der Waals surface area (Å²) < 4.78 is 0. The van der Waals surface area contributed by atoms with Gasteiger partial charge < -0.3 is 5.73 Å². The number of hydrogen-bond acceptors (Lipinski definition) is 3. The summed E-state index contributed by atoms with van der Waals surface area (Å²) in [5.41, 5.74) is 6.00. The van der Waals surface area contributed by atoms with Crippen LogP contribution in [0.15, 0.2) is 0 Å². The van der Waals surface area contributed by atoms with E-state index in [0.717, 1.165) is 12.1 Å². The minimum atomic E-state index is 0.489. The molecule has 3 fully saturated rings. The molecule has 3 nitrogen and oxygen atoms in total. The summed E-state index contributed by atoms with van der Waals surface area (Å²) in [4.78, 5) is 5.49. The van der Waals surface area contributed by atoms with Gasteiger partial charge in [0.15, 0.2) is 0 Å². The molecule has 0 aromatic heterocycles. The molecular formula is C14H27N3. The Morgan fingerprint density at radius 2 is 1.41 bits per heavy atom. The molecule has 3 aliphatic rings. The van der Waals surface area contributed by atoms with E-state index >= 15 is 0 Å². The molecule has 0 aromatic rings. The van der Waals surface area contributed by atoms with Crippen LogP contribution in [-0.4, -0.2) is 54.1 Å². The summed E-state index contributed by atoms with van der Waals surface area (Å²) in [7, 11) is 0. The van der Waals surface area contributed by atoms with Gasteiger partial charge in [-0.15, -0.1) is 0 Å². The standard InChI is InChI=1S/C14H27N3/c15-12-3-5-13(6-4-12)17-10-7-14(11-17)16-8-1-2-9-16/h12-14H,1-11,15H2. The van der Waals surface area contributed by atoms with Crippen molar-refractivity contribution in [2.45, 2.75) is 63.1 Å². The van der Waals surface area contributed by atoms with Crippen molar-refractivity contribution in [2.75, 3.05) is 26.2 Å². The van der Waals surface area contributed by atoms with Crippen molar-refractivity contribution in [3.8, 4) is 0 Å². The molecule has 0 bridgehead atoms. The quantitative estimate of drug-likeness (QED) is 0.788. The third-order valence-corrected chi connectivity index (χ3v) is 5.11. The summed E-state index contributed by atoms with van der Waals surface area (Å²) in [6.45, 7) is 5.38. The number of rotatable bonds is 2. The summed E-state index contributed by atoms with van der Waals surface area (Å²) in [6, 6.07) is 2.21. The van der Waals surface area contributed by atoms with Crippen LogP contribution >= 0.6 is 0 Å². The Bertz CT molecular complexity index is 242. The van der Waals surface area contributed by atoms with Gasteiger partial charge in [-0.25, -0.2) is 0 Å². The van der Waals surface area contributed by atoms with E-state index in [1.807, 2.05) is 0 Å². The second kappa shape index (κ2) is 5.25. The second-order valence-corrected chi connectivity index (χ2v) is 6.25. The van der Waals surface area contributed by atoms with Crippen LogP contribution in [0.3, 0.4) is 0 Å². The first-order valence-corrected chi connectivity index (χ1v) is 7.56. The topological polar surface area (TPSA) is 32.5 Å². The Labute approximate surface area is 105 Å². The maximum Gasteiger partial charge on any atom is 0.0235 e. The van der Waals surface area contributed by atoms with Gasteiger partial charge in [0, 0.05) is 31.2 Å². The Morgan fingerprint density at radius 1 is 0.706 bits per heavy atom. The van der Waals surface area contributed by atoms with E-state index < -0.39 is 0 Å². The molecule has 0 aromatic carbocycles. The van der Waals surface area contributed by atoms with Gasteiger partial charge in [-0.3, -0.25) is 9.80 Å². The molecule has 3 rings (SSSR count). The monoisotopic (exact) mass is 237 g/mol. The molecule has 0 radical (unpaired) electrons. The van der Waals surface area contributed by atoms with E-state index in [4.69, 9.17) is 5.73 Å². The highest BCUT2D eigenvalue weighted by molar-refractivity contribution is 4.90. The lowest BCUT2D eigenvalue weighted by atomic mass is 9.91. The van der Waals surface area contributed by atoms with Crippen LogP contribution in [0.4, 0.5) is 0 Å². The van der Waals surface area contributed by atoms with Gasteiger partial charge in [-0.1, -0.05) is 0 Å². The zero-order valence-electron chi connectivity index (χ0n) is 11.0. The molecule has 2 heterocycles. The Balaban J connectivity index is 1.49. The number of likely N-dealkylation sites (tertiary alicyclic amines) is 2. The molecule has 3 heteroatoms. The number of nitrogens with two attached hydrogens (primary N) is 1. The van der Waals surface area contributed by atoms with Crippen molar-refractivity contribution in [1.29, 1.82) is 0 Å². The van der Waals surface area contributed by atoms with Crippen LogP contribution in [0, 0.1) is 0 Å². The minimum Gasteiger partial charge on any atom is -0.328 e. The summed E-state index contributed by atoms with van der Waals surface area (Å²) >= 11 is 0. The van der Waals surface area contributed by atoms with Crippen LogP contribution in [0.1, 0.15) is 44.9 Å². The lowest BCUT2D eigenvalue weighted by molar-refractivity contribution is 0.162. The minimum absolute atomic E-state index is 0.489. The van der Waals surface area contributed by atoms with Crippen LogP contribution in [0.2, 0.25) is 0 Å². The van der Waals surface area contributed by atoms with E-state index in [1.54, 1.807) is 0 Å². The molecule has 2 N–H and O–H groups in total. The lowest BCUT2D eigenvalue weighted by Crippen LogP contribution is -2.42. The molecule has 0 amide bonds. The predicted octanol–water partition coefficient (Wildman–Crippen LogP) is 1.43. The van der Waals surface area contributed by atoms with Crippen LogP contribution in [0.25, 0.3) is 0 Å². The summed E-state index contributed by atoms with van der Waals surface area (Å²) in [6.07, 6.45) is 9.43. The van der Waals surface area contributed by atoms with Gasteiger partial charge in [0.1, 0.15) is 0 Å². The maximum atomic E-state index is 6.00. The van der Waals surface area contributed by atoms with E-state index in [0.29, 0.717) is 6.04 Å². The van der Waals surface area contributed by atoms with Crippen molar-refractivity contribution in [1.82, 2.24) is 9.80 Å². The zero-order valence-corrected chi connectivity index (χ0v) is 11.0. The zero-order chi connectivity index (χ0) is 11.7. The maximum absolute atomic E-state index is 6.00. The van der Waals surface area contributed by atoms with E-state index in [2.05, 4.69) is 9.80 Å². The van der Waals surface area contributed by atoms with Crippen molar-refractivity contribution in [3.63, 3.8) is 0 Å². The van der Waals surface area contributed by atoms with Crippen molar-refractivity contribution in [3.05, 3.63) is 0 Å². The SMILES string of the molecule is NC1CCC(N2CCC(N3CCCC3)C2)CC1. The van der Waals surface area contributed by atoms with E-state index in [1.165, 1.54) is 71.1 Å². The molecule has 2 saturated heterocycles. The average molecular weight is 237 g/mol. The van der Waals surface area contributed by atoms with Gasteiger partial charge >= 0.3 is 0 Å². The van der Waals surface area contributed by atoms with Gasteiger partial charge in [0.2, 0.25) is 0 Å². The molecule has 17 heavy (non-hydrogen) atoms. The fourth-order valence-electron chi connectivity index (χ4n) is 3.97. The van der Waals surface area contributed by atoms with Crippen LogP contribution in [-0.2, 0) is 0 Å². The van der Waals surface area contributed by atoms with Crippen LogP contribution in [0.5, 0.6) is 0 Å². The normalized spacial score (nSPS) is 41.1. The first kappa shape index (κ1) is 11.9. The highest BCUT2D eigenvalue weighted by atomic mass is 15.3. The molecule has 98 valence electrons. The van der Waals surface area contributed by atoms with Gasteiger partial charge in [0.05, 0.1) is 0 Å². The van der Waals surface area contributed by atoms with E-state index in [-0.39, 0.29) is 0 Å². The number of nitrogens with zero attached hydrogens (tertiary/aromatic N) is 2. The molecule has 1 atom stereocenters. The lowest BCUT2D eigenvalue weighted by Gasteiger charge is -2.34. The fraction of sp³-hybridized carbons (Fsp3) is 1.00. The third kappa shape index (κ3) is 2.67. The van der Waals surface area contributed by atoms with E-state index in [9.17, 15) is 0 Å². The van der Waals surface area contributed by atoms with Gasteiger partial charge in [0.25, 0.3) is 0 Å². The average Bonchev–Trinajstić information content (AvgIpc) is 3.00. The molecule has 2 aliphatic heterocycles. The highest BCUT2D eigenvalue weighted by Crippen LogP contribution is 2.28. The molecule has 1 saturated carbocycles. The van der Waals surface area contributed by atoms with Crippen molar-refractivity contribution >= 4 is 0 Å². The van der Waals surface area contributed by atoms with Crippen molar-refractivity contribution in [2.24, 2.45) is 5.73 Å². The fourth-order valence-corrected chi connectivity index (χ4v) is 3.97. The third-order valence-electron chi connectivity index (χ3n) is 5.11. The number of hydrogen-bond donors (Lipinski definition) is 1. The van der Waals surface area contributed by atoms with Crippen LogP contribution < -0.4 is 5.73 Å². The largest absolute Gasteiger partial charge is 0.328 e. The Hall–Kier alpha value is -0.120. The molecule has 1 aliphatic carbocycles. The Kier molecular flexibility index (Phi) is 3.69. The summed E-state index contributed by atoms with van der Waals surface area (Å²) in [5.74, 6) is 0. The molecule has 1 unspecified atom stereocenters. The van der Waals surface area contributed by atoms with Gasteiger partial charge in [-0.2, -0.15) is 0 Å². The smallest absolute Gasteiger partial charge is 0.0235 e. The first-order valence-electron chi connectivity index (χ1n) is 7.56. The molecule has 0 spiro atoms. The second-order valence-electron chi connectivity index (χ2n) is 6.25. The van der Waals surface area contributed by atoms with Gasteiger partial charge in [-0.05, 0) is 58.0 Å². The first-order chi connectivity index (χ1) is 8.33. The summed E-state index contributed by atoms with van der Waals surface area (Å²) in [5, 5.41) is 0.